The SMILES string of the molecule is CC(C)(CC(N)=O)NCc1ccn[nH]1. The second kappa shape index (κ2) is 4.23. The van der Waals surface area contributed by atoms with E-state index >= 15 is 0 Å². The molecule has 0 atom stereocenters. The first-order chi connectivity index (χ1) is 6.49. The number of rotatable bonds is 5. The van der Waals surface area contributed by atoms with Gasteiger partial charge in [-0.3, -0.25) is 9.89 Å². The second-order valence-corrected chi connectivity index (χ2v) is 3.96. The number of aromatic amines is 1. The molecule has 14 heavy (non-hydrogen) atoms. The average molecular weight is 196 g/mol. The molecule has 0 aromatic carbocycles. The normalized spacial score (nSPS) is 11.6. The Kier molecular flexibility index (Phi) is 3.24. The molecule has 0 aliphatic rings. The van der Waals surface area contributed by atoms with E-state index in [2.05, 4.69) is 15.5 Å². The van der Waals surface area contributed by atoms with Crippen LogP contribution in [0.3, 0.4) is 0 Å². The fraction of sp³-hybridized carbons (Fsp3) is 0.556. The van der Waals surface area contributed by atoms with Crippen LogP contribution in [0.2, 0.25) is 0 Å². The molecular formula is C9H16N4O. The quantitative estimate of drug-likeness (QED) is 0.627. The monoisotopic (exact) mass is 196 g/mol. The first kappa shape index (κ1) is 10.7. The highest BCUT2D eigenvalue weighted by Crippen LogP contribution is 2.08. The molecule has 1 amide bonds. The average Bonchev–Trinajstić information content (AvgIpc) is 2.50. The number of amides is 1. The smallest absolute Gasteiger partial charge is 0.219 e. The number of hydrogen-bond acceptors (Lipinski definition) is 3. The Labute approximate surface area is 83.1 Å². The van der Waals surface area contributed by atoms with Crippen molar-refractivity contribution < 1.29 is 4.79 Å². The van der Waals surface area contributed by atoms with E-state index in [-0.39, 0.29) is 11.4 Å². The summed E-state index contributed by atoms with van der Waals surface area (Å²) in [6, 6.07) is 1.88. The molecule has 0 unspecified atom stereocenters. The summed E-state index contributed by atoms with van der Waals surface area (Å²) in [6.45, 7) is 4.53. The Balaban J connectivity index is 2.40. The molecule has 0 saturated heterocycles. The minimum atomic E-state index is -0.299. The minimum Gasteiger partial charge on any atom is -0.370 e. The van der Waals surface area contributed by atoms with Gasteiger partial charge in [-0.15, -0.1) is 0 Å². The zero-order valence-electron chi connectivity index (χ0n) is 8.50. The van der Waals surface area contributed by atoms with Crippen molar-refractivity contribution in [1.29, 1.82) is 0 Å². The predicted octanol–water partition coefficient (Wildman–Crippen LogP) is 0.153. The molecule has 5 heteroatoms. The van der Waals surface area contributed by atoms with Crippen LogP contribution in [0.5, 0.6) is 0 Å². The summed E-state index contributed by atoms with van der Waals surface area (Å²) >= 11 is 0. The number of carbonyl (C=O) groups is 1. The Morgan fingerprint density at radius 1 is 1.71 bits per heavy atom. The van der Waals surface area contributed by atoms with Crippen LogP contribution in [0.25, 0.3) is 0 Å². The van der Waals surface area contributed by atoms with Crippen molar-refractivity contribution in [2.24, 2.45) is 5.73 Å². The summed E-state index contributed by atoms with van der Waals surface area (Å²) < 4.78 is 0. The first-order valence-corrected chi connectivity index (χ1v) is 4.51. The highest BCUT2D eigenvalue weighted by molar-refractivity contribution is 5.74. The molecule has 1 aromatic rings. The van der Waals surface area contributed by atoms with Crippen LogP contribution < -0.4 is 11.1 Å². The molecule has 1 rings (SSSR count). The largest absolute Gasteiger partial charge is 0.370 e. The summed E-state index contributed by atoms with van der Waals surface area (Å²) in [7, 11) is 0. The van der Waals surface area contributed by atoms with Crippen LogP contribution in [0.15, 0.2) is 12.3 Å². The van der Waals surface area contributed by atoms with Gasteiger partial charge in [-0.1, -0.05) is 0 Å². The number of nitrogens with zero attached hydrogens (tertiary/aromatic N) is 1. The van der Waals surface area contributed by atoms with Crippen LogP contribution in [0, 0.1) is 0 Å². The lowest BCUT2D eigenvalue weighted by atomic mass is 10.0. The fourth-order valence-electron chi connectivity index (χ4n) is 1.22. The molecule has 5 nitrogen and oxygen atoms in total. The summed E-state index contributed by atoms with van der Waals surface area (Å²) in [5.41, 5.74) is 5.84. The Morgan fingerprint density at radius 3 is 2.93 bits per heavy atom. The number of nitrogens with two attached hydrogens (primary N) is 1. The maximum Gasteiger partial charge on any atom is 0.219 e. The zero-order valence-corrected chi connectivity index (χ0v) is 8.50. The van der Waals surface area contributed by atoms with Gasteiger partial charge >= 0.3 is 0 Å². The van der Waals surface area contributed by atoms with Gasteiger partial charge in [0.2, 0.25) is 5.91 Å². The van der Waals surface area contributed by atoms with Gasteiger partial charge in [-0.05, 0) is 19.9 Å². The van der Waals surface area contributed by atoms with Gasteiger partial charge in [-0.2, -0.15) is 5.10 Å². The Hall–Kier alpha value is -1.36. The van der Waals surface area contributed by atoms with Crippen molar-refractivity contribution in [3.8, 4) is 0 Å². The van der Waals surface area contributed by atoms with E-state index in [1.54, 1.807) is 6.20 Å². The summed E-state index contributed by atoms with van der Waals surface area (Å²) in [5.74, 6) is -0.299. The van der Waals surface area contributed by atoms with Crippen molar-refractivity contribution in [3.63, 3.8) is 0 Å². The third-order valence-corrected chi connectivity index (χ3v) is 1.93. The molecule has 1 aromatic heterocycles. The van der Waals surface area contributed by atoms with Gasteiger partial charge in [0, 0.05) is 30.4 Å². The summed E-state index contributed by atoms with van der Waals surface area (Å²) in [4.78, 5) is 10.7. The van der Waals surface area contributed by atoms with Gasteiger partial charge in [0.25, 0.3) is 0 Å². The maximum absolute atomic E-state index is 10.7. The Morgan fingerprint density at radius 2 is 2.43 bits per heavy atom. The fourth-order valence-corrected chi connectivity index (χ4v) is 1.22. The molecule has 0 aliphatic carbocycles. The van der Waals surface area contributed by atoms with E-state index in [9.17, 15) is 4.79 Å². The van der Waals surface area contributed by atoms with Crippen molar-refractivity contribution in [2.75, 3.05) is 0 Å². The van der Waals surface area contributed by atoms with E-state index in [4.69, 9.17) is 5.73 Å². The van der Waals surface area contributed by atoms with Crippen LogP contribution in [-0.4, -0.2) is 21.6 Å². The van der Waals surface area contributed by atoms with Crippen molar-refractivity contribution in [2.45, 2.75) is 32.4 Å². The van der Waals surface area contributed by atoms with Crippen molar-refractivity contribution in [1.82, 2.24) is 15.5 Å². The molecule has 0 bridgehead atoms. The second-order valence-electron chi connectivity index (χ2n) is 3.96. The van der Waals surface area contributed by atoms with Crippen LogP contribution in [0.4, 0.5) is 0 Å². The lowest BCUT2D eigenvalue weighted by molar-refractivity contribution is -0.119. The number of hydrogen-bond donors (Lipinski definition) is 3. The van der Waals surface area contributed by atoms with Gasteiger partial charge < -0.3 is 11.1 Å². The molecule has 0 radical (unpaired) electrons. The topological polar surface area (TPSA) is 83.8 Å². The lowest BCUT2D eigenvalue weighted by Gasteiger charge is -2.24. The van der Waals surface area contributed by atoms with Gasteiger partial charge in [0.1, 0.15) is 0 Å². The van der Waals surface area contributed by atoms with Gasteiger partial charge in [0.15, 0.2) is 0 Å². The van der Waals surface area contributed by atoms with Crippen LogP contribution >= 0.6 is 0 Å². The summed E-state index contributed by atoms with van der Waals surface area (Å²) in [5, 5.41) is 9.88. The highest BCUT2D eigenvalue weighted by atomic mass is 16.1. The Bertz CT molecular complexity index is 292. The molecule has 0 saturated carbocycles. The molecular weight excluding hydrogens is 180 g/mol. The van der Waals surface area contributed by atoms with E-state index < -0.39 is 0 Å². The van der Waals surface area contributed by atoms with E-state index in [0.717, 1.165) is 5.69 Å². The molecule has 78 valence electrons. The third-order valence-electron chi connectivity index (χ3n) is 1.93. The van der Waals surface area contributed by atoms with Crippen LogP contribution in [0.1, 0.15) is 26.0 Å². The number of aromatic nitrogens is 2. The molecule has 0 aliphatic heterocycles. The number of nitrogens with one attached hydrogen (secondary N) is 2. The molecule has 0 spiro atoms. The van der Waals surface area contributed by atoms with E-state index in [1.165, 1.54) is 0 Å². The van der Waals surface area contributed by atoms with Crippen molar-refractivity contribution in [3.05, 3.63) is 18.0 Å². The maximum atomic E-state index is 10.7. The van der Waals surface area contributed by atoms with E-state index in [0.29, 0.717) is 13.0 Å². The zero-order chi connectivity index (χ0) is 10.6. The first-order valence-electron chi connectivity index (χ1n) is 4.51. The van der Waals surface area contributed by atoms with E-state index in [1.807, 2.05) is 19.9 Å². The molecule has 1 heterocycles. The highest BCUT2D eigenvalue weighted by Gasteiger charge is 2.19. The lowest BCUT2D eigenvalue weighted by Crippen LogP contribution is -2.42. The minimum absolute atomic E-state index is 0.281. The number of carbonyl (C=O) groups excluding carboxylic acids is 1. The third kappa shape index (κ3) is 3.57. The summed E-state index contributed by atoms with van der Waals surface area (Å²) in [6.07, 6.45) is 2.01. The molecule has 4 N–H and O–H groups in total. The number of primary amides is 1. The van der Waals surface area contributed by atoms with Crippen LogP contribution in [-0.2, 0) is 11.3 Å². The molecule has 0 fully saturated rings. The van der Waals surface area contributed by atoms with Gasteiger partial charge in [-0.25, -0.2) is 0 Å². The standard InChI is InChI=1S/C9H16N4O/c1-9(2,5-8(10)14)11-6-7-3-4-12-13-7/h3-4,11H,5-6H2,1-2H3,(H2,10,14)(H,12,13). The number of H-pyrrole nitrogens is 1. The predicted molar refractivity (Wildman–Crippen MR) is 53.3 cm³/mol. The van der Waals surface area contributed by atoms with Gasteiger partial charge in [0.05, 0.1) is 0 Å². The van der Waals surface area contributed by atoms with Crippen molar-refractivity contribution >= 4 is 5.91 Å².